The Labute approximate surface area is 221 Å². The third-order valence-electron chi connectivity index (χ3n) is 7.78. The number of ether oxygens (including phenoxy) is 4. The largest absolute Gasteiger partial charge is 0.457 e. The first-order chi connectivity index (χ1) is 17.3. The SMILES string of the molecule is CCCC(C)(F)C1OC1CC(C)C=CC=C(C)C1OC(=O)CC2CCC(C)(O2)C(OC(C)=O)C=CC1C. The van der Waals surface area contributed by atoms with Crippen LogP contribution in [0.1, 0.15) is 87.0 Å². The number of fused-ring (bicyclic) bond motifs is 2. The van der Waals surface area contributed by atoms with Crippen LogP contribution in [0.5, 0.6) is 0 Å². The summed E-state index contributed by atoms with van der Waals surface area (Å²) in [5.41, 5.74) is -1.02. The number of hydrogen-bond donors (Lipinski definition) is 0. The van der Waals surface area contributed by atoms with E-state index >= 15 is 0 Å². The van der Waals surface area contributed by atoms with Gasteiger partial charge in [-0.05, 0) is 64.0 Å². The molecule has 0 aromatic rings. The van der Waals surface area contributed by atoms with Gasteiger partial charge in [0.2, 0.25) is 0 Å². The van der Waals surface area contributed by atoms with Gasteiger partial charge in [0.15, 0.2) is 0 Å². The molecule has 3 heterocycles. The molecule has 2 bridgehead atoms. The van der Waals surface area contributed by atoms with Gasteiger partial charge in [-0.3, -0.25) is 9.59 Å². The Morgan fingerprint density at radius 1 is 1.35 bits per heavy atom. The summed E-state index contributed by atoms with van der Waals surface area (Å²) in [5, 5.41) is 0. The van der Waals surface area contributed by atoms with Crippen LogP contribution in [0.3, 0.4) is 0 Å². The molecule has 0 aromatic carbocycles. The molecule has 9 unspecified atom stereocenters. The zero-order valence-electron chi connectivity index (χ0n) is 23.5. The topological polar surface area (TPSA) is 74.4 Å². The van der Waals surface area contributed by atoms with Crippen LogP contribution < -0.4 is 0 Å². The number of carbonyl (C=O) groups excluding carboxylic acids is 2. The maximum absolute atomic E-state index is 14.7. The van der Waals surface area contributed by atoms with E-state index in [0.717, 1.165) is 18.4 Å². The monoisotopic (exact) mass is 520 g/mol. The van der Waals surface area contributed by atoms with Crippen molar-refractivity contribution in [3.8, 4) is 0 Å². The van der Waals surface area contributed by atoms with Crippen molar-refractivity contribution in [3.63, 3.8) is 0 Å². The number of esters is 2. The number of cyclic esters (lactones) is 1. The number of halogens is 1. The average Bonchev–Trinajstić information content (AvgIpc) is 3.48. The van der Waals surface area contributed by atoms with Crippen LogP contribution >= 0.6 is 0 Å². The van der Waals surface area contributed by atoms with Gasteiger partial charge < -0.3 is 18.9 Å². The Bertz CT molecular complexity index is 908. The summed E-state index contributed by atoms with van der Waals surface area (Å²) in [6, 6.07) is 0. The van der Waals surface area contributed by atoms with Gasteiger partial charge in [0, 0.05) is 12.8 Å². The van der Waals surface area contributed by atoms with Crippen molar-refractivity contribution >= 4 is 11.9 Å². The van der Waals surface area contributed by atoms with E-state index in [-0.39, 0.29) is 48.5 Å². The zero-order chi connectivity index (χ0) is 27.4. The van der Waals surface area contributed by atoms with Crippen LogP contribution in [0.4, 0.5) is 4.39 Å². The summed E-state index contributed by atoms with van der Waals surface area (Å²) in [5.74, 6) is -0.574. The molecule has 3 aliphatic heterocycles. The lowest BCUT2D eigenvalue weighted by molar-refractivity contribution is -0.164. The fraction of sp³-hybridized carbons (Fsp3) is 0.733. The summed E-state index contributed by atoms with van der Waals surface area (Å²) in [7, 11) is 0. The number of allylic oxidation sites excluding steroid dienone is 3. The van der Waals surface area contributed by atoms with E-state index in [4.69, 9.17) is 18.9 Å². The Kier molecular flexibility index (Phi) is 9.79. The van der Waals surface area contributed by atoms with E-state index in [1.165, 1.54) is 6.92 Å². The predicted octanol–water partition coefficient (Wildman–Crippen LogP) is 6.19. The van der Waals surface area contributed by atoms with Gasteiger partial charge in [0.05, 0.1) is 18.6 Å². The van der Waals surface area contributed by atoms with Gasteiger partial charge in [0.25, 0.3) is 0 Å². The van der Waals surface area contributed by atoms with Crippen LogP contribution in [0, 0.1) is 11.8 Å². The van der Waals surface area contributed by atoms with E-state index in [2.05, 4.69) is 13.0 Å². The van der Waals surface area contributed by atoms with Gasteiger partial charge >= 0.3 is 11.9 Å². The molecule has 0 radical (unpaired) electrons. The first-order valence-electron chi connectivity index (χ1n) is 13.8. The Balaban J connectivity index is 1.67. The molecule has 0 amide bonds. The minimum Gasteiger partial charge on any atom is -0.457 e. The number of rotatable bonds is 9. The lowest BCUT2D eigenvalue weighted by Crippen LogP contribution is -2.41. The average molecular weight is 521 g/mol. The smallest absolute Gasteiger partial charge is 0.309 e. The van der Waals surface area contributed by atoms with Crippen molar-refractivity contribution in [2.45, 2.75) is 129 Å². The maximum atomic E-state index is 14.7. The standard InChI is InChI=1S/C30H45FO6/c1-8-15-29(6,31)28-24(35-28)17-19(2)10-9-11-20(3)27-21(4)12-13-25(34-22(5)32)30(7)16-14-23(37-30)18-26(33)36-27/h9-13,19,21,23-25,27-28H,8,14-18H2,1-7H3. The van der Waals surface area contributed by atoms with E-state index in [1.54, 1.807) is 6.92 Å². The van der Waals surface area contributed by atoms with E-state index in [1.807, 2.05) is 52.0 Å². The highest BCUT2D eigenvalue weighted by Crippen LogP contribution is 2.41. The number of carbonyl (C=O) groups is 2. The molecule has 0 aromatic heterocycles. The highest BCUT2D eigenvalue weighted by molar-refractivity contribution is 5.70. The van der Waals surface area contributed by atoms with Crippen LogP contribution in [-0.4, -0.2) is 53.7 Å². The molecule has 6 nitrogen and oxygen atoms in total. The van der Waals surface area contributed by atoms with Gasteiger partial charge in [-0.2, -0.15) is 0 Å². The molecule has 0 aliphatic carbocycles. The van der Waals surface area contributed by atoms with Crippen molar-refractivity contribution < 1.29 is 32.9 Å². The lowest BCUT2D eigenvalue weighted by atomic mass is 9.91. The molecule has 3 aliphatic rings. The number of hydrogen-bond acceptors (Lipinski definition) is 6. The van der Waals surface area contributed by atoms with E-state index in [0.29, 0.717) is 19.3 Å². The van der Waals surface area contributed by atoms with Crippen molar-refractivity contribution in [2.24, 2.45) is 11.8 Å². The highest BCUT2D eigenvalue weighted by atomic mass is 19.1. The molecule has 0 saturated carbocycles. The molecule has 7 heteroatoms. The van der Waals surface area contributed by atoms with Crippen LogP contribution in [0.2, 0.25) is 0 Å². The van der Waals surface area contributed by atoms with Crippen molar-refractivity contribution in [1.82, 2.24) is 0 Å². The molecular weight excluding hydrogens is 475 g/mol. The van der Waals surface area contributed by atoms with E-state index in [9.17, 15) is 14.0 Å². The second kappa shape index (κ2) is 12.2. The first kappa shape index (κ1) is 29.6. The number of alkyl halides is 1. The molecular formula is C30H45FO6. The van der Waals surface area contributed by atoms with Crippen molar-refractivity contribution in [3.05, 3.63) is 36.0 Å². The first-order valence-corrected chi connectivity index (χ1v) is 13.8. The second-order valence-electron chi connectivity index (χ2n) is 11.6. The van der Waals surface area contributed by atoms with Crippen LogP contribution in [0.25, 0.3) is 0 Å². The summed E-state index contributed by atoms with van der Waals surface area (Å²) >= 11 is 0. The molecule has 37 heavy (non-hydrogen) atoms. The molecule has 0 N–H and O–H groups in total. The lowest BCUT2D eigenvalue weighted by Gasteiger charge is -2.31. The molecule has 9 atom stereocenters. The highest BCUT2D eigenvalue weighted by Gasteiger charge is 2.52. The Hall–Kier alpha value is -1.99. The van der Waals surface area contributed by atoms with Crippen LogP contribution in [0.15, 0.2) is 36.0 Å². The summed E-state index contributed by atoms with van der Waals surface area (Å²) in [6.45, 7) is 13.0. The minimum atomic E-state index is -1.27. The second-order valence-corrected chi connectivity index (χ2v) is 11.6. The van der Waals surface area contributed by atoms with Gasteiger partial charge in [-0.1, -0.05) is 51.5 Å². The zero-order valence-corrected chi connectivity index (χ0v) is 23.5. The normalized spacial score (nSPS) is 37.0. The fourth-order valence-electron chi connectivity index (χ4n) is 5.63. The fourth-order valence-corrected chi connectivity index (χ4v) is 5.63. The van der Waals surface area contributed by atoms with Crippen LogP contribution in [-0.2, 0) is 28.5 Å². The van der Waals surface area contributed by atoms with Crippen molar-refractivity contribution in [1.29, 1.82) is 0 Å². The summed E-state index contributed by atoms with van der Waals surface area (Å²) < 4.78 is 38.0. The molecule has 3 rings (SSSR count). The molecule has 0 spiro atoms. The molecule has 2 fully saturated rings. The quantitative estimate of drug-likeness (QED) is 0.156. The third-order valence-corrected chi connectivity index (χ3v) is 7.78. The van der Waals surface area contributed by atoms with Gasteiger partial charge in [-0.25, -0.2) is 4.39 Å². The number of epoxide rings is 1. The summed E-state index contributed by atoms with van der Waals surface area (Å²) in [6.07, 6.45) is 11.9. The Morgan fingerprint density at radius 2 is 2.08 bits per heavy atom. The predicted molar refractivity (Wildman–Crippen MR) is 141 cm³/mol. The van der Waals surface area contributed by atoms with Gasteiger partial charge in [-0.15, -0.1) is 0 Å². The van der Waals surface area contributed by atoms with Gasteiger partial charge in [0.1, 0.15) is 29.6 Å². The minimum absolute atomic E-state index is 0.0378. The molecule has 208 valence electrons. The Morgan fingerprint density at radius 3 is 2.76 bits per heavy atom. The van der Waals surface area contributed by atoms with E-state index < -0.39 is 23.5 Å². The maximum Gasteiger partial charge on any atom is 0.309 e. The third kappa shape index (κ3) is 8.00. The van der Waals surface area contributed by atoms with Crippen molar-refractivity contribution in [2.75, 3.05) is 0 Å². The summed E-state index contributed by atoms with van der Waals surface area (Å²) in [4.78, 5) is 24.6. The molecule has 2 saturated heterocycles.